The van der Waals surface area contributed by atoms with Crippen LogP contribution in [0.3, 0.4) is 0 Å². The first-order chi connectivity index (χ1) is 30.5. The van der Waals surface area contributed by atoms with Gasteiger partial charge in [-0.25, -0.2) is 0 Å². The van der Waals surface area contributed by atoms with Gasteiger partial charge in [-0.15, -0.1) is 0 Å². The van der Waals surface area contributed by atoms with E-state index >= 15 is 0 Å². The minimum atomic E-state index is -1.68. The van der Waals surface area contributed by atoms with Gasteiger partial charge in [-0.3, -0.25) is 9.59 Å². The van der Waals surface area contributed by atoms with Gasteiger partial charge in [0.05, 0.1) is 25.3 Å². The number of hydrogen-bond donors (Lipinski definition) is 8. The summed E-state index contributed by atoms with van der Waals surface area (Å²) in [4.78, 5) is 27.6. The molecule has 4 aromatic carbocycles. The molecule has 6 rings (SSSR count). The second-order valence-electron chi connectivity index (χ2n) is 14.7. The lowest BCUT2D eigenvalue weighted by molar-refractivity contribution is -0.175. The molecule has 2 amide bonds. The molecule has 17 heteroatoms. The molecule has 2 fully saturated rings. The van der Waals surface area contributed by atoms with E-state index in [0.29, 0.717) is 23.3 Å². The lowest BCUT2D eigenvalue weighted by atomic mass is 9.96. The van der Waals surface area contributed by atoms with Crippen molar-refractivity contribution in [3.05, 3.63) is 145 Å². The van der Waals surface area contributed by atoms with E-state index in [0.717, 1.165) is 11.1 Å². The van der Waals surface area contributed by atoms with Gasteiger partial charge in [-0.1, -0.05) is 97.7 Å². The molecule has 2 aliphatic heterocycles. The molecule has 63 heavy (non-hydrogen) atoms. The average molecular weight is 889 g/mol. The number of carbonyl (C=O) groups is 2. The summed E-state index contributed by atoms with van der Waals surface area (Å²) in [6.07, 6.45) is -6.16. The van der Waals surface area contributed by atoms with E-state index in [9.17, 15) is 40.2 Å². The predicted octanol–water partition coefficient (Wildman–Crippen LogP) is 2.48. The van der Waals surface area contributed by atoms with E-state index in [-0.39, 0.29) is 49.1 Å². The Morgan fingerprint density at radius 3 is 1.29 bits per heavy atom. The minimum Gasteiger partial charge on any atom is -0.489 e. The highest BCUT2D eigenvalue weighted by atomic mass is 32.2. The van der Waals surface area contributed by atoms with E-state index in [4.69, 9.17) is 28.4 Å². The monoisotopic (exact) mass is 888 g/mol. The van der Waals surface area contributed by atoms with Gasteiger partial charge in [0.15, 0.2) is 0 Å². The van der Waals surface area contributed by atoms with Crippen molar-refractivity contribution < 1.29 is 68.6 Å². The van der Waals surface area contributed by atoms with E-state index in [1.807, 2.05) is 60.7 Å². The summed E-state index contributed by atoms with van der Waals surface area (Å²) in [6.45, 7) is 6.52. The van der Waals surface area contributed by atoms with Crippen LogP contribution in [0, 0.1) is 0 Å². The van der Waals surface area contributed by atoms with Crippen molar-refractivity contribution in [1.82, 2.24) is 10.6 Å². The molecule has 336 valence electrons. The van der Waals surface area contributed by atoms with Crippen LogP contribution < -0.4 is 29.6 Å². The van der Waals surface area contributed by atoms with Crippen LogP contribution in [0.5, 0.6) is 23.0 Å². The summed E-state index contributed by atoms with van der Waals surface area (Å²) in [5.41, 5.74) is -0.869. The van der Waals surface area contributed by atoms with Crippen LogP contribution in [0.15, 0.2) is 122 Å². The second kappa shape index (κ2) is 22.8. The van der Waals surface area contributed by atoms with Gasteiger partial charge in [-0.05, 0) is 35.4 Å². The molecule has 4 aromatic rings. The number of hydrogen-bond acceptors (Lipinski definition) is 15. The highest BCUT2D eigenvalue weighted by molar-refractivity contribution is 8.00. The maximum absolute atomic E-state index is 13.8. The van der Waals surface area contributed by atoms with Gasteiger partial charge in [0.2, 0.25) is 0 Å². The third kappa shape index (κ3) is 12.4. The van der Waals surface area contributed by atoms with Crippen LogP contribution in [0.1, 0.15) is 31.8 Å². The summed E-state index contributed by atoms with van der Waals surface area (Å²) in [6, 6.07) is 24.9. The summed E-state index contributed by atoms with van der Waals surface area (Å²) in [5, 5.41) is 71.3. The fourth-order valence-electron chi connectivity index (χ4n) is 6.87. The number of carbonyl (C=O) groups excluding carboxylic acids is 2. The standard InChI is InChI=1S/C46H52N2O14S/c1-3-15-57-31-17-29(19-33(21-31)59-25-27-11-7-5-8-12-27)43(55)47-37-39(51)35(23-49)61-45(41(37)53)63-46-42(54)38(40(52)36(24-50)62-46)48-44(56)30-18-32(58-16-4-2)22-34(20-30)60-26-28-13-9-6-10-14-28/h3-14,17-22,35-42,45-46,49-54H,1-2,15-16,23-26H2,(H,47,55)(H,48,56)/t35-,36-,37+,38+,39+,40+,41-,42-,45+,46+/m1/s1. The van der Waals surface area contributed by atoms with Gasteiger partial charge in [0.1, 0.15) is 96.9 Å². The Kier molecular flexibility index (Phi) is 17.0. The lowest BCUT2D eigenvalue weighted by Crippen LogP contribution is -2.66. The normalized spacial score (nSPS) is 25.6. The second-order valence-corrected chi connectivity index (χ2v) is 15.9. The number of aliphatic hydroxyl groups is 6. The van der Waals surface area contributed by atoms with Crippen LogP contribution in [0.2, 0.25) is 0 Å². The molecule has 0 unspecified atom stereocenters. The van der Waals surface area contributed by atoms with Gasteiger partial charge >= 0.3 is 0 Å². The molecule has 0 aromatic heterocycles. The first-order valence-corrected chi connectivity index (χ1v) is 21.1. The Balaban J connectivity index is 1.17. The molecule has 2 heterocycles. The lowest BCUT2D eigenvalue weighted by Gasteiger charge is -2.46. The quantitative estimate of drug-likeness (QED) is 0.0596. The van der Waals surface area contributed by atoms with Crippen molar-refractivity contribution in [3.63, 3.8) is 0 Å². The Labute approximate surface area is 368 Å². The van der Waals surface area contributed by atoms with E-state index in [1.165, 1.54) is 36.4 Å². The topological polar surface area (TPSA) is 235 Å². The summed E-state index contributed by atoms with van der Waals surface area (Å²) in [5.74, 6) is -0.287. The van der Waals surface area contributed by atoms with E-state index in [1.54, 1.807) is 12.1 Å². The van der Waals surface area contributed by atoms with Gasteiger partial charge < -0.3 is 69.7 Å². The Morgan fingerprint density at radius 2 is 0.937 bits per heavy atom. The Bertz CT molecular complexity index is 1980. The number of benzene rings is 4. The largest absolute Gasteiger partial charge is 0.489 e. The molecular weight excluding hydrogens is 837 g/mol. The van der Waals surface area contributed by atoms with E-state index < -0.39 is 84.6 Å². The molecule has 8 N–H and O–H groups in total. The summed E-state index contributed by atoms with van der Waals surface area (Å²) < 4.78 is 35.0. The van der Waals surface area contributed by atoms with Crippen molar-refractivity contribution in [2.75, 3.05) is 26.4 Å². The molecule has 2 saturated heterocycles. The molecule has 0 spiro atoms. The Morgan fingerprint density at radius 1 is 0.571 bits per heavy atom. The molecule has 0 saturated carbocycles. The number of aliphatic hydroxyl groups excluding tert-OH is 6. The van der Waals surface area contributed by atoms with Crippen LogP contribution in [-0.4, -0.2) is 128 Å². The zero-order valence-electron chi connectivity index (χ0n) is 34.2. The van der Waals surface area contributed by atoms with Gasteiger partial charge in [-0.2, -0.15) is 0 Å². The summed E-state index contributed by atoms with van der Waals surface area (Å²) in [7, 11) is 0. The van der Waals surface area contributed by atoms with Crippen LogP contribution in [0.4, 0.5) is 0 Å². The van der Waals surface area contributed by atoms with Crippen LogP contribution in [0.25, 0.3) is 0 Å². The molecular formula is C46H52N2O14S. The van der Waals surface area contributed by atoms with E-state index in [2.05, 4.69) is 23.8 Å². The van der Waals surface area contributed by atoms with Crippen LogP contribution in [-0.2, 0) is 22.7 Å². The number of amides is 2. The highest BCUT2D eigenvalue weighted by Gasteiger charge is 2.51. The third-order valence-electron chi connectivity index (χ3n) is 10.1. The smallest absolute Gasteiger partial charge is 0.251 e. The number of rotatable bonds is 20. The van der Waals surface area contributed by atoms with Gasteiger partial charge in [0, 0.05) is 23.3 Å². The molecule has 0 radical (unpaired) electrons. The molecule has 10 atom stereocenters. The Hall–Kier alpha value is -5.47. The van der Waals surface area contributed by atoms with Crippen molar-refractivity contribution >= 4 is 23.6 Å². The molecule has 0 aliphatic carbocycles. The molecule has 0 bridgehead atoms. The third-order valence-corrected chi connectivity index (χ3v) is 11.5. The first-order valence-electron chi connectivity index (χ1n) is 20.1. The zero-order valence-corrected chi connectivity index (χ0v) is 35.0. The number of nitrogens with one attached hydrogen (secondary N) is 2. The highest BCUT2D eigenvalue weighted by Crippen LogP contribution is 2.37. The van der Waals surface area contributed by atoms with Gasteiger partial charge in [0.25, 0.3) is 11.8 Å². The molecule has 2 aliphatic rings. The first kappa shape index (κ1) is 47.0. The van der Waals surface area contributed by atoms with Crippen LogP contribution >= 0.6 is 11.8 Å². The van der Waals surface area contributed by atoms with Crippen molar-refractivity contribution in [3.8, 4) is 23.0 Å². The SMILES string of the molecule is C=CCOc1cc(OCc2ccccc2)cc(C(=O)N[C@H]2[C@@H](O)[C@@H](CO)O[C@@H](S[C@@H]3O[C@H](CO)[C@H](O)[C@H](NC(=O)c4cc(OCC=C)cc(OCc5ccccc5)c4)[C@H]3O)[C@@H]2O)c1. The minimum absolute atomic E-state index is 0.0624. The summed E-state index contributed by atoms with van der Waals surface area (Å²) >= 11 is 0.700. The number of ether oxygens (including phenoxy) is 6. The van der Waals surface area contributed by atoms with Crippen molar-refractivity contribution in [2.24, 2.45) is 0 Å². The number of thioether (sulfide) groups is 1. The van der Waals surface area contributed by atoms with Crippen molar-refractivity contribution in [1.29, 1.82) is 0 Å². The zero-order chi connectivity index (χ0) is 44.9. The van der Waals surface area contributed by atoms with Crippen molar-refractivity contribution in [2.45, 2.75) is 72.8 Å². The maximum atomic E-state index is 13.8. The maximum Gasteiger partial charge on any atom is 0.251 e. The molecule has 16 nitrogen and oxygen atoms in total. The average Bonchev–Trinajstić information content (AvgIpc) is 3.31. The fourth-order valence-corrected chi connectivity index (χ4v) is 8.21. The predicted molar refractivity (Wildman–Crippen MR) is 231 cm³/mol. The fraction of sp³-hybridized carbons (Fsp3) is 0.348.